The highest BCUT2D eigenvalue weighted by Gasteiger charge is 2.21. The van der Waals surface area contributed by atoms with Crippen molar-refractivity contribution in [2.75, 3.05) is 56.2 Å². The lowest BCUT2D eigenvalue weighted by Gasteiger charge is -2.36. The van der Waals surface area contributed by atoms with E-state index in [4.69, 9.17) is 9.47 Å². The second-order valence-electron chi connectivity index (χ2n) is 9.48. The minimum atomic E-state index is -0.407. The third-order valence-corrected chi connectivity index (χ3v) is 6.03. The Bertz CT molecular complexity index is 974. The summed E-state index contributed by atoms with van der Waals surface area (Å²) >= 11 is 0. The monoisotopic (exact) mass is 467 g/mol. The van der Waals surface area contributed by atoms with Crippen molar-refractivity contribution in [3.05, 3.63) is 53.6 Å². The largest absolute Gasteiger partial charge is 0.484 e. The maximum absolute atomic E-state index is 12.8. The molecule has 1 aliphatic heterocycles. The summed E-state index contributed by atoms with van der Waals surface area (Å²) < 4.78 is 10.9. The molecular formula is C27H37N3O4. The number of carbonyl (C=O) groups is 2. The number of carbonyl (C=O) groups excluding carboxylic acids is 2. The van der Waals surface area contributed by atoms with Crippen LogP contribution in [0.4, 0.5) is 11.4 Å². The van der Waals surface area contributed by atoms with Gasteiger partial charge in [0.05, 0.1) is 23.5 Å². The van der Waals surface area contributed by atoms with Gasteiger partial charge in [0.2, 0.25) is 0 Å². The molecule has 0 saturated carbocycles. The number of esters is 1. The number of anilines is 2. The van der Waals surface area contributed by atoms with Crippen molar-refractivity contribution in [1.82, 2.24) is 4.90 Å². The first kappa shape index (κ1) is 25.6. The highest BCUT2D eigenvalue weighted by molar-refractivity contribution is 5.98. The topological polar surface area (TPSA) is 71.1 Å². The van der Waals surface area contributed by atoms with Gasteiger partial charge in [-0.2, -0.15) is 0 Å². The lowest BCUT2D eigenvalue weighted by molar-refractivity contribution is -0.118. The van der Waals surface area contributed by atoms with E-state index in [9.17, 15) is 9.59 Å². The zero-order chi connectivity index (χ0) is 24.7. The van der Waals surface area contributed by atoms with Crippen molar-refractivity contribution in [3.8, 4) is 5.75 Å². The molecule has 7 nitrogen and oxygen atoms in total. The first-order chi connectivity index (χ1) is 16.2. The van der Waals surface area contributed by atoms with E-state index in [1.165, 1.54) is 5.56 Å². The molecule has 1 amide bonds. The Morgan fingerprint density at radius 3 is 2.24 bits per heavy atom. The summed E-state index contributed by atoms with van der Waals surface area (Å²) in [7, 11) is 0. The van der Waals surface area contributed by atoms with Crippen LogP contribution in [0.2, 0.25) is 0 Å². The summed E-state index contributed by atoms with van der Waals surface area (Å²) in [5, 5.41) is 2.95. The number of benzene rings is 2. The minimum absolute atomic E-state index is 0.0544. The van der Waals surface area contributed by atoms with Crippen LogP contribution in [0.1, 0.15) is 50.5 Å². The number of nitrogens with zero attached hydrogens (tertiary/aromatic N) is 2. The van der Waals surface area contributed by atoms with E-state index < -0.39 is 5.97 Å². The molecule has 3 rings (SSSR count). The Balaban J connectivity index is 1.71. The second-order valence-corrected chi connectivity index (χ2v) is 9.48. The van der Waals surface area contributed by atoms with Crippen molar-refractivity contribution in [2.45, 2.75) is 40.0 Å². The number of hydrogen-bond acceptors (Lipinski definition) is 6. The summed E-state index contributed by atoms with van der Waals surface area (Å²) in [6, 6.07) is 13.1. The number of hydrogen-bond donors (Lipinski definition) is 1. The van der Waals surface area contributed by atoms with E-state index in [0.717, 1.165) is 38.4 Å². The van der Waals surface area contributed by atoms with Gasteiger partial charge in [-0.1, -0.05) is 39.8 Å². The fourth-order valence-corrected chi connectivity index (χ4v) is 3.94. The quantitative estimate of drug-likeness (QED) is 0.583. The van der Waals surface area contributed by atoms with Gasteiger partial charge in [0.25, 0.3) is 5.91 Å². The van der Waals surface area contributed by atoms with Crippen LogP contribution in [-0.4, -0.2) is 62.7 Å². The van der Waals surface area contributed by atoms with Crippen molar-refractivity contribution in [1.29, 1.82) is 0 Å². The Kier molecular flexibility index (Phi) is 8.56. The molecule has 1 fully saturated rings. The second kappa shape index (κ2) is 11.4. The van der Waals surface area contributed by atoms with Crippen LogP contribution in [0.3, 0.4) is 0 Å². The Morgan fingerprint density at radius 2 is 1.65 bits per heavy atom. The molecule has 0 bridgehead atoms. The van der Waals surface area contributed by atoms with Crippen LogP contribution in [-0.2, 0) is 14.9 Å². The van der Waals surface area contributed by atoms with E-state index in [0.29, 0.717) is 23.6 Å². The van der Waals surface area contributed by atoms with Gasteiger partial charge >= 0.3 is 5.97 Å². The lowest BCUT2D eigenvalue weighted by Crippen LogP contribution is -2.46. The van der Waals surface area contributed by atoms with E-state index in [2.05, 4.69) is 42.8 Å². The highest BCUT2D eigenvalue weighted by Crippen LogP contribution is 2.29. The first-order valence-electron chi connectivity index (χ1n) is 12.0. The maximum atomic E-state index is 12.8. The number of likely N-dealkylation sites (N-methyl/N-ethyl adjacent to an activating group) is 1. The molecular weight excluding hydrogens is 430 g/mol. The Labute approximate surface area is 203 Å². The SMILES string of the molecule is CCOC(=O)c1ccc(N2CCN(CC)CC2)c(NC(=O)COc2ccc(C(C)(C)C)cc2)c1. The zero-order valence-electron chi connectivity index (χ0n) is 21.0. The Morgan fingerprint density at radius 1 is 0.971 bits per heavy atom. The van der Waals surface area contributed by atoms with Gasteiger partial charge in [0, 0.05) is 26.2 Å². The summed E-state index contributed by atoms with van der Waals surface area (Å²) in [6.45, 7) is 15.2. The van der Waals surface area contributed by atoms with E-state index >= 15 is 0 Å². The first-order valence-corrected chi connectivity index (χ1v) is 12.0. The molecule has 2 aromatic rings. The predicted molar refractivity (Wildman–Crippen MR) is 136 cm³/mol. The maximum Gasteiger partial charge on any atom is 0.338 e. The molecule has 1 aliphatic rings. The molecule has 0 radical (unpaired) electrons. The van der Waals surface area contributed by atoms with Gasteiger partial charge in [-0.05, 0) is 54.8 Å². The van der Waals surface area contributed by atoms with Gasteiger partial charge in [-0.3, -0.25) is 4.79 Å². The lowest BCUT2D eigenvalue weighted by atomic mass is 9.87. The molecule has 1 heterocycles. The summed E-state index contributed by atoms with van der Waals surface area (Å²) in [5.41, 5.74) is 3.15. The molecule has 0 aromatic heterocycles. The third kappa shape index (κ3) is 6.73. The number of amides is 1. The van der Waals surface area contributed by atoms with Gasteiger partial charge in [0.1, 0.15) is 5.75 Å². The number of ether oxygens (including phenoxy) is 2. The molecule has 0 atom stereocenters. The van der Waals surface area contributed by atoms with E-state index in [1.807, 2.05) is 30.3 Å². The molecule has 0 aliphatic carbocycles. The Hall–Kier alpha value is -3.06. The average molecular weight is 468 g/mol. The molecule has 0 unspecified atom stereocenters. The third-order valence-electron chi connectivity index (χ3n) is 6.03. The van der Waals surface area contributed by atoms with E-state index in [1.54, 1.807) is 19.1 Å². The van der Waals surface area contributed by atoms with E-state index in [-0.39, 0.29) is 17.9 Å². The fourth-order valence-electron chi connectivity index (χ4n) is 3.94. The smallest absolute Gasteiger partial charge is 0.338 e. The number of nitrogens with one attached hydrogen (secondary N) is 1. The number of piperazine rings is 1. The van der Waals surface area contributed by atoms with Crippen LogP contribution in [0.25, 0.3) is 0 Å². The van der Waals surface area contributed by atoms with Crippen molar-refractivity contribution >= 4 is 23.3 Å². The number of rotatable bonds is 8. The standard InChI is InChI=1S/C27H37N3O4/c1-6-29-14-16-30(17-15-29)24-13-8-20(26(32)33-7-2)18-23(24)28-25(31)19-34-22-11-9-21(10-12-22)27(3,4)5/h8-13,18H,6-7,14-17,19H2,1-5H3,(H,28,31). The van der Waals surface area contributed by atoms with Crippen LogP contribution in [0.15, 0.2) is 42.5 Å². The predicted octanol–water partition coefficient (Wildman–Crippen LogP) is 4.32. The summed E-state index contributed by atoms with van der Waals surface area (Å²) in [5.74, 6) is -0.0516. The van der Waals surface area contributed by atoms with Crippen LogP contribution >= 0.6 is 0 Å². The molecule has 1 saturated heterocycles. The summed E-state index contributed by atoms with van der Waals surface area (Å²) in [6.07, 6.45) is 0. The van der Waals surface area contributed by atoms with Crippen molar-refractivity contribution in [3.63, 3.8) is 0 Å². The van der Waals surface area contributed by atoms with Gasteiger partial charge in [-0.15, -0.1) is 0 Å². The van der Waals surface area contributed by atoms with Gasteiger partial charge in [-0.25, -0.2) is 4.79 Å². The molecule has 1 N–H and O–H groups in total. The van der Waals surface area contributed by atoms with Crippen LogP contribution in [0, 0.1) is 0 Å². The van der Waals surface area contributed by atoms with Crippen LogP contribution in [0.5, 0.6) is 5.75 Å². The fraction of sp³-hybridized carbons (Fsp3) is 0.481. The molecule has 0 spiro atoms. The van der Waals surface area contributed by atoms with Gasteiger partial charge in [0.15, 0.2) is 6.61 Å². The molecule has 184 valence electrons. The normalized spacial score (nSPS) is 14.6. The zero-order valence-corrected chi connectivity index (χ0v) is 21.0. The van der Waals surface area contributed by atoms with Crippen LogP contribution < -0.4 is 15.0 Å². The minimum Gasteiger partial charge on any atom is -0.484 e. The summed E-state index contributed by atoms with van der Waals surface area (Å²) in [4.78, 5) is 29.7. The average Bonchev–Trinajstić information content (AvgIpc) is 2.82. The van der Waals surface area contributed by atoms with Gasteiger partial charge < -0.3 is 24.6 Å². The molecule has 34 heavy (non-hydrogen) atoms. The molecule has 2 aromatic carbocycles. The highest BCUT2D eigenvalue weighted by atomic mass is 16.5. The van der Waals surface area contributed by atoms with Crippen molar-refractivity contribution < 1.29 is 19.1 Å². The van der Waals surface area contributed by atoms with Crippen molar-refractivity contribution in [2.24, 2.45) is 0 Å². The molecule has 7 heteroatoms.